The largest absolute Gasteiger partial charge is 0.356 e. The number of nitrogens with zero attached hydrogens (tertiary/aromatic N) is 2. The fraction of sp³-hybridized carbons (Fsp3) is 0.412. The van der Waals surface area contributed by atoms with Gasteiger partial charge in [-0.1, -0.05) is 6.92 Å². The van der Waals surface area contributed by atoms with Gasteiger partial charge in [0.1, 0.15) is 11.6 Å². The summed E-state index contributed by atoms with van der Waals surface area (Å²) in [5.41, 5.74) is 0.354. The molecule has 0 fully saturated rings. The van der Waals surface area contributed by atoms with Crippen molar-refractivity contribution in [2.75, 3.05) is 20.1 Å². The van der Waals surface area contributed by atoms with Crippen molar-refractivity contribution in [3.05, 3.63) is 51.5 Å². The molecule has 1 aromatic carbocycles. The van der Waals surface area contributed by atoms with Gasteiger partial charge in [0, 0.05) is 37.6 Å². The minimum absolute atomic E-state index is 0.354. The number of aromatic nitrogens is 1. The molecule has 2 rings (SSSR count). The van der Waals surface area contributed by atoms with Crippen molar-refractivity contribution in [3.8, 4) is 0 Å². The molecule has 0 bridgehead atoms. The van der Waals surface area contributed by atoms with Crippen molar-refractivity contribution < 1.29 is 8.78 Å². The summed E-state index contributed by atoms with van der Waals surface area (Å²) in [6.45, 7) is 3.30. The van der Waals surface area contributed by atoms with E-state index in [1.54, 1.807) is 18.4 Å². The number of hydrogen-bond acceptors (Lipinski definition) is 3. The zero-order valence-corrected chi connectivity index (χ0v) is 14.7. The standard InChI is InChI=1S/C17H22F2N4S/c1-3-14-11-23-16(24-14)7-9-22-17(20-2)21-8-6-12-10-13(18)4-5-15(12)19/h4-5,10-11H,3,6-9H2,1-2H3,(H2,20,21,22). The summed E-state index contributed by atoms with van der Waals surface area (Å²) in [7, 11) is 1.68. The zero-order valence-electron chi connectivity index (χ0n) is 13.9. The highest BCUT2D eigenvalue weighted by atomic mass is 32.1. The van der Waals surface area contributed by atoms with Crippen LogP contribution in [0.4, 0.5) is 8.78 Å². The number of guanidine groups is 1. The highest BCUT2D eigenvalue weighted by molar-refractivity contribution is 7.11. The van der Waals surface area contributed by atoms with Gasteiger partial charge < -0.3 is 10.6 Å². The number of rotatable bonds is 7. The summed E-state index contributed by atoms with van der Waals surface area (Å²) < 4.78 is 26.7. The number of nitrogens with one attached hydrogen (secondary N) is 2. The lowest BCUT2D eigenvalue weighted by molar-refractivity contribution is 0.583. The summed E-state index contributed by atoms with van der Waals surface area (Å²) in [4.78, 5) is 9.77. The second-order valence-electron chi connectivity index (χ2n) is 5.24. The molecule has 0 unspecified atom stereocenters. The minimum Gasteiger partial charge on any atom is -0.356 e. The lowest BCUT2D eigenvalue weighted by Crippen LogP contribution is -2.39. The van der Waals surface area contributed by atoms with Gasteiger partial charge >= 0.3 is 0 Å². The van der Waals surface area contributed by atoms with Gasteiger partial charge in [-0.15, -0.1) is 11.3 Å². The van der Waals surface area contributed by atoms with E-state index in [0.717, 1.165) is 30.0 Å². The average Bonchev–Trinajstić information content (AvgIpc) is 3.04. The molecule has 7 heteroatoms. The van der Waals surface area contributed by atoms with E-state index in [1.807, 2.05) is 6.20 Å². The van der Waals surface area contributed by atoms with E-state index in [1.165, 1.54) is 10.9 Å². The van der Waals surface area contributed by atoms with Gasteiger partial charge in [0.05, 0.1) is 5.01 Å². The molecule has 0 aliphatic carbocycles. The summed E-state index contributed by atoms with van der Waals surface area (Å²) in [6, 6.07) is 3.49. The average molecular weight is 352 g/mol. The lowest BCUT2D eigenvalue weighted by atomic mass is 10.1. The fourth-order valence-corrected chi connectivity index (χ4v) is 3.05. The second kappa shape index (κ2) is 9.32. The molecular weight excluding hydrogens is 330 g/mol. The molecule has 2 N–H and O–H groups in total. The molecule has 0 atom stereocenters. The van der Waals surface area contributed by atoms with E-state index in [-0.39, 0.29) is 0 Å². The van der Waals surface area contributed by atoms with Crippen molar-refractivity contribution >= 4 is 17.3 Å². The number of aliphatic imine (C=N–C) groups is 1. The molecule has 0 amide bonds. The summed E-state index contributed by atoms with van der Waals surface area (Å²) in [5.74, 6) is -0.181. The summed E-state index contributed by atoms with van der Waals surface area (Å²) >= 11 is 1.72. The molecule has 0 radical (unpaired) electrons. The zero-order chi connectivity index (χ0) is 17.4. The Morgan fingerprint density at radius 2 is 1.96 bits per heavy atom. The number of halogens is 2. The molecule has 0 saturated heterocycles. The molecule has 2 aromatic rings. The molecule has 1 aromatic heterocycles. The van der Waals surface area contributed by atoms with Crippen LogP contribution < -0.4 is 10.6 Å². The third kappa shape index (κ3) is 5.56. The fourth-order valence-electron chi connectivity index (χ4n) is 2.19. The Morgan fingerprint density at radius 1 is 1.21 bits per heavy atom. The van der Waals surface area contributed by atoms with Crippen LogP contribution in [-0.4, -0.2) is 31.1 Å². The first-order chi connectivity index (χ1) is 11.6. The van der Waals surface area contributed by atoms with Crippen LogP contribution in [0.1, 0.15) is 22.4 Å². The quantitative estimate of drug-likeness (QED) is 0.595. The van der Waals surface area contributed by atoms with Gasteiger partial charge in [-0.2, -0.15) is 0 Å². The van der Waals surface area contributed by atoms with Crippen LogP contribution in [0.15, 0.2) is 29.4 Å². The van der Waals surface area contributed by atoms with E-state index in [2.05, 4.69) is 27.5 Å². The third-order valence-electron chi connectivity index (χ3n) is 3.50. The first kappa shape index (κ1) is 18.3. The molecule has 24 heavy (non-hydrogen) atoms. The monoisotopic (exact) mass is 352 g/mol. The first-order valence-electron chi connectivity index (χ1n) is 7.94. The number of hydrogen-bond donors (Lipinski definition) is 2. The number of thiazole rings is 1. The van der Waals surface area contributed by atoms with Crippen LogP contribution >= 0.6 is 11.3 Å². The van der Waals surface area contributed by atoms with E-state index >= 15 is 0 Å². The van der Waals surface area contributed by atoms with Crippen molar-refractivity contribution in [2.45, 2.75) is 26.2 Å². The Hall–Kier alpha value is -2.02. The second-order valence-corrected chi connectivity index (χ2v) is 6.44. The molecule has 4 nitrogen and oxygen atoms in total. The molecule has 0 aliphatic heterocycles. The normalized spacial score (nSPS) is 11.6. The van der Waals surface area contributed by atoms with Crippen LogP contribution in [0.2, 0.25) is 0 Å². The van der Waals surface area contributed by atoms with Gasteiger partial charge in [-0.05, 0) is 36.6 Å². The molecule has 1 heterocycles. The molecule has 130 valence electrons. The highest BCUT2D eigenvalue weighted by Gasteiger charge is 2.05. The Kier molecular flexibility index (Phi) is 7.11. The number of aryl methyl sites for hydroxylation is 1. The predicted octanol–water partition coefficient (Wildman–Crippen LogP) is 2.93. The Balaban J connectivity index is 1.73. The van der Waals surface area contributed by atoms with E-state index in [4.69, 9.17) is 0 Å². The molecule has 0 aliphatic rings. The van der Waals surface area contributed by atoms with Crippen molar-refractivity contribution in [1.29, 1.82) is 0 Å². The van der Waals surface area contributed by atoms with Crippen molar-refractivity contribution in [3.63, 3.8) is 0 Å². The van der Waals surface area contributed by atoms with Gasteiger partial charge in [-0.25, -0.2) is 13.8 Å². The lowest BCUT2D eigenvalue weighted by Gasteiger charge is -2.11. The van der Waals surface area contributed by atoms with Crippen LogP contribution in [0, 0.1) is 11.6 Å². The maximum atomic E-state index is 13.6. The molecule has 0 saturated carbocycles. The van der Waals surface area contributed by atoms with Crippen LogP contribution in [-0.2, 0) is 19.3 Å². The van der Waals surface area contributed by atoms with Gasteiger partial charge in [-0.3, -0.25) is 4.99 Å². The van der Waals surface area contributed by atoms with E-state index in [9.17, 15) is 8.78 Å². The van der Waals surface area contributed by atoms with Crippen molar-refractivity contribution in [2.24, 2.45) is 4.99 Å². The third-order valence-corrected chi connectivity index (χ3v) is 4.70. The minimum atomic E-state index is -0.427. The predicted molar refractivity (Wildman–Crippen MR) is 94.6 cm³/mol. The number of benzene rings is 1. The van der Waals surface area contributed by atoms with E-state index < -0.39 is 11.6 Å². The van der Waals surface area contributed by atoms with E-state index in [0.29, 0.717) is 31.0 Å². The maximum Gasteiger partial charge on any atom is 0.191 e. The van der Waals surface area contributed by atoms with Crippen LogP contribution in [0.3, 0.4) is 0 Å². The van der Waals surface area contributed by atoms with Gasteiger partial charge in [0.25, 0.3) is 0 Å². The van der Waals surface area contributed by atoms with Crippen LogP contribution in [0.5, 0.6) is 0 Å². The SMILES string of the molecule is CCc1cnc(CCNC(=NC)NCCc2cc(F)ccc2F)s1. The topological polar surface area (TPSA) is 49.3 Å². The Labute approximate surface area is 145 Å². The van der Waals surface area contributed by atoms with Gasteiger partial charge in [0.15, 0.2) is 5.96 Å². The summed E-state index contributed by atoms with van der Waals surface area (Å²) in [5, 5.41) is 7.39. The smallest absolute Gasteiger partial charge is 0.191 e. The van der Waals surface area contributed by atoms with Crippen LogP contribution in [0.25, 0.3) is 0 Å². The van der Waals surface area contributed by atoms with Gasteiger partial charge in [0.2, 0.25) is 0 Å². The highest BCUT2D eigenvalue weighted by Crippen LogP contribution is 2.13. The first-order valence-corrected chi connectivity index (χ1v) is 8.76. The molecule has 0 spiro atoms. The Bertz CT molecular complexity index is 685. The maximum absolute atomic E-state index is 13.6. The summed E-state index contributed by atoms with van der Waals surface area (Å²) in [6.07, 6.45) is 4.13. The van der Waals surface area contributed by atoms with Crippen molar-refractivity contribution in [1.82, 2.24) is 15.6 Å². The molecular formula is C17H22F2N4S. The Morgan fingerprint density at radius 3 is 2.62 bits per heavy atom.